The van der Waals surface area contributed by atoms with Gasteiger partial charge in [-0.2, -0.15) is 0 Å². The van der Waals surface area contributed by atoms with Crippen molar-refractivity contribution in [3.05, 3.63) is 24.2 Å². The van der Waals surface area contributed by atoms with Crippen molar-refractivity contribution in [1.82, 2.24) is 10.6 Å². The van der Waals surface area contributed by atoms with E-state index in [1.54, 1.807) is 12.3 Å². The fraction of sp³-hybridized carbons (Fsp3) is 0.615. The Kier molecular flexibility index (Phi) is 6.46. The van der Waals surface area contributed by atoms with Gasteiger partial charge in [-0.3, -0.25) is 4.79 Å². The standard InChI is InChI=1S/C13H22N2O3/c1-10(2)17-8-6-14-11(3)13(16)15-9-12-5-4-7-18-12/h4-5,7,10-11,14H,6,8-9H2,1-3H3,(H,15,16). The summed E-state index contributed by atoms with van der Waals surface area (Å²) in [5.74, 6) is 0.703. The monoisotopic (exact) mass is 254 g/mol. The van der Waals surface area contributed by atoms with Crippen molar-refractivity contribution in [3.8, 4) is 0 Å². The molecule has 102 valence electrons. The number of amides is 1. The van der Waals surface area contributed by atoms with Crippen LogP contribution in [0.5, 0.6) is 0 Å². The Bertz CT molecular complexity index is 336. The van der Waals surface area contributed by atoms with E-state index in [0.717, 1.165) is 5.76 Å². The van der Waals surface area contributed by atoms with Crippen LogP contribution in [-0.4, -0.2) is 31.2 Å². The molecule has 0 bridgehead atoms. The molecule has 0 saturated heterocycles. The second-order valence-electron chi connectivity index (χ2n) is 4.39. The number of carbonyl (C=O) groups is 1. The van der Waals surface area contributed by atoms with Crippen LogP contribution in [0.3, 0.4) is 0 Å². The molecule has 0 fully saturated rings. The summed E-state index contributed by atoms with van der Waals surface area (Å²) in [6, 6.07) is 3.39. The van der Waals surface area contributed by atoms with E-state index in [0.29, 0.717) is 19.7 Å². The van der Waals surface area contributed by atoms with E-state index >= 15 is 0 Å². The molecule has 1 rings (SSSR count). The van der Waals surface area contributed by atoms with E-state index in [4.69, 9.17) is 9.15 Å². The van der Waals surface area contributed by atoms with Crippen LogP contribution in [0, 0.1) is 0 Å². The maximum Gasteiger partial charge on any atom is 0.237 e. The summed E-state index contributed by atoms with van der Waals surface area (Å²) in [6.45, 7) is 7.48. The first-order chi connectivity index (χ1) is 8.59. The third-order valence-corrected chi connectivity index (χ3v) is 2.41. The Hall–Kier alpha value is -1.33. The van der Waals surface area contributed by atoms with Gasteiger partial charge in [-0.25, -0.2) is 0 Å². The van der Waals surface area contributed by atoms with Gasteiger partial charge in [0.15, 0.2) is 0 Å². The predicted molar refractivity (Wildman–Crippen MR) is 69.1 cm³/mol. The fourth-order valence-electron chi connectivity index (χ4n) is 1.40. The highest BCUT2D eigenvalue weighted by Gasteiger charge is 2.11. The Balaban J connectivity index is 2.12. The molecule has 0 aliphatic rings. The Morgan fingerprint density at radius 2 is 2.22 bits per heavy atom. The van der Waals surface area contributed by atoms with Crippen molar-refractivity contribution in [3.63, 3.8) is 0 Å². The van der Waals surface area contributed by atoms with Gasteiger partial charge in [0, 0.05) is 6.54 Å². The third-order valence-electron chi connectivity index (χ3n) is 2.41. The van der Waals surface area contributed by atoms with Crippen LogP contribution in [0.1, 0.15) is 26.5 Å². The maximum atomic E-state index is 11.7. The number of ether oxygens (including phenoxy) is 1. The topological polar surface area (TPSA) is 63.5 Å². The van der Waals surface area contributed by atoms with Gasteiger partial charge in [0.2, 0.25) is 5.91 Å². The summed E-state index contributed by atoms with van der Waals surface area (Å²) < 4.78 is 10.5. The molecule has 1 amide bonds. The lowest BCUT2D eigenvalue weighted by Crippen LogP contribution is -2.43. The number of hydrogen-bond donors (Lipinski definition) is 2. The highest BCUT2D eigenvalue weighted by molar-refractivity contribution is 5.81. The first-order valence-electron chi connectivity index (χ1n) is 6.24. The summed E-state index contributed by atoms with van der Waals surface area (Å²) in [7, 11) is 0. The van der Waals surface area contributed by atoms with Gasteiger partial charge in [0.05, 0.1) is 31.6 Å². The minimum atomic E-state index is -0.240. The molecule has 1 unspecified atom stereocenters. The Morgan fingerprint density at radius 1 is 1.44 bits per heavy atom. The van der Waals surface area contributed by atoms with Crippen LogP contribution in [-0.2, 0) is 16.1 Å². The van der Waals surface area contributed by atoms with E-state index < -0.39 is 0 Å². The van der Waals surface area contributed by atoms with Gasteiger partial charge in [0.25, 0.3) is 0 Å². The van der Waals surface area contributed by atoms with Crippen molar-refractivity contribution >= 4 is 5.91 Å². The average Bonchev–Trinajstić information content (AvgIpc) is 2.84. The quantitative estimate of drug-likeness (QED) is 0.686. The van der Waals surface area contributed by atoms with E-state index in [9.17, 15) is 4.79 Å². The lowest BCUT2D eigenvalue weighted by Gasteiger charge is -2.14. The molecule has 18 heavy (non-hydrogen) atoms. The van der Waals surface area contributed by atoms with Crippen molar-refractivity contribution in [1.29, 1.82) is 0 Å². The molecule has 1 aromatic rings. The number of nitrogens with one attached hydrogen (secondary N) is 2. The summed E-state index contributed by atoms with van der Waals surface area (Å²) in [5.41, 5.74) is 0. The van der Waals surface area contributed by atoms with Crippen molar-refractivity contribution in [2.45, 2.75) is 39.5 Å². The average molecular weight is 254 g/mol. The Morgan fingerprint density at radius 3 is 2.83 bits per heavy atom. The maximum absolute atomic E-state index is 11.7. The second-order valence-corrected chi connectivity index (χ2v) is 4.39. The second kappa shape index (κ2) is 7.89. The largest absolute Gasteiger partial charge is 0.467 e. The van der Waals surface area contributed by atoms with Crippen molar-refractivity contribution in [2.75, 3.05) is 13.2 Å². The highest BCUT2D eigenvalue weighted by atomic mass is 16.5. The summed E-state index contributed by atoms with van der Waals surface area (Å²) in [5, 5.41) is 5.90. The van der Waals surface area contributed by atoms with Crippen molar-refractivity contribution in [2.24, 2.45) is 0 Å². The molecule has 1 heterocycles. The zero-order chi connectivity index (χ0) is 13.4. The molecular formula is C13H22N2O3. The first kappa shape index (κ1) is 14.7. The van der Waals surface area contributed by atoms with Gasteiger partial charge in [-0.15, -0.1) is 0 Å². The normalized spacial score (nSPS) is 12.7. The van der Waals surface area contributed by atoms with Crippen molar-refractivity contribution < 1.29 is 13.9 Å². The molecule has 0 saturated carbocycles. The lowest BCUT2D eigenvalue weighted by molar-refractivity contribution is -0.123. The summed E-state index contributed by atoms with van der Waals surface area (Å²) in [4.78, 5) is 11.7. The zero-order valence-corrected chi connectivity index (χ0v) is 11.2. The Labute approximate surface area is 108 Å². The van der Waals surface area contributed by atoms with Crippen LogP contribution >= 0.6 is 0 Å². The van der Waals surface area contributed by atoms with Crippen LogP contribution in [0.2, 0.25) is 0 Å². The van der Waals surface area contributed by atoms with Gasteiger partial charge >= 0.3 is 0 Å². The van der Waals surface area contributed by atoms with Crippen LogP contribution in [0.25, 0.3) is 0 Å². The van der Waals surface area contributed by atoms with Gasteiger partial charge in [-0.1, -0.05) is 0 Å². The smallest absolute Gasteiger partial charge is 0.237 e. The number of rotatable bonds is 8. The number of furan rings is 1. The van der Waals surface area contributed by atoms with Gasteiger partial charge in [-0.05, 0) is 32.9 Å². The zero-order valence-electron chi connectivity index (χ0n) is 11.2. The van der Waals surface area contributed by atoms with Crippen LogP contribution in [0.15, 0.2) is 22.8 Å². The molecule has 1 aromatic heterocycles. The highest BCUT2D eigenvalue weighted by Crippen LogP contribution is 1.98. The molecule has 2 N–H and O–H groups in total. The van der Waals surface area contributed by atoms with E-state index in [2.05, 4.69) is 10.6 Å². The lowest BCUT2D eigenvalue weighted by atomic mass is 10.3. The minimum absolute atomic E-state index is 0.0454. The van der Waals surface area contributed by atoms with Gasteiger partial charge in [0.1, 0.15) is 5.76 Å². The minimum Gasteiger partial charge on any atom is -0.467 e. The molecule has 0 aromatic carbocycles. The van der Waals surface area contributed by atoms with E-state index in [1.165, 1.54) is 0 Å². The SMILES string of the molecule is CC(C)OCCNC(C)C(=O)NCc1ccco1. The van der Waals surface area contributed by atoms with Crippen LogP contribution in [0.4, 0.5) is 0 Å². The molecular weight excluding hydrogens is 232 g/mol. The third kappa shape index (κ3) is 5.84. The molecule has 0 aliphatic carbocycles. The first-order valence-corrected chi connectivity index (χ1v) is 6.24. The molecule has 0 spiro atoms. The van der Waals surface area contributed by atoms with Gasteiger partial charge < -0.3 is 19.8 Å². The molecule has 5 heteroatoms. The van der Waals surface area contributed by atoms with Crippen LogP contribution < -0.4 is 10.6 Å². The molecule has 5 nitrogen and oxygen atoms in total. The molecule has 0 aliphatic heterocycles. The molecule has 0 radical (unpaired) electrons. The fourth-order valence-corrected chi connectivity index (χ4v) is 1.40. The molecule has 1 atom stereocenters. The van der Waals surface area contributed by atoms with E-state index in [1.807, 2.05) is 26.8 Å². The summed E-state index contributed by atoms with van der Waals surface area (Å²) >= 11 is 0. The predicted octanol–water partition coefficient (Wildman–Crippen LogP) is 1.30. The number of hydrogen-bond acceptors (Lipinski definition) is 4. The van der Waals surface area contributed by atoms with E-state index in [-0.39, 0.29) is 18.1 Å². The number of carbonyl (C=O) groups excluding carboxylic acids is 1. The summed E-state index contributed by atoms with van der Waals surface area (Å²) in [6.07, 6.45) is 1.81.